The van der Waals surface area contributed by atoms with Gasteiger partial charge in [-0.3, -0.25) is 19.8 Å². The van der Waals surface area contributed by atoms with Gasteiger partial charge in [-0.25, -0.2) is 0 Å². The average Bonchev–Trinajstić information content (AvgIpc) is 3.21. The molecule has 1 atom stereocenters. The van der Waals surface area contributed by atoms with E-state index in [-0.39, 0.29) is 21.2 Å². The number of hydrogen-bond donors (Lipinski definition) is 1. The Kier molecular flexibility index (Phi) is 7.80. The third-order valence-corrected chi connectivity index (χ3v) is 6.87. The number of hydrogen-bond acceptors (Lipinski definition) is 6. The van der Waals surface area contributed by atoms with Gasteiger partial charge in [0.1, 0.15) is 0 Å². The topological polar surface area (TPSA) is 78.7 Å². The number of nitrogens with zero attached hydrogens (tertiary/aromatic N) is 3. The van der Waals surface area contributed by atoms with E-state index in [1.807, 2.05) is 35.7 Å². The van der Waals surface area contributed by atoms with Gasteiger partial charge in [-0.2, -0.15) is 0 Å². The van der Waals surface area contributed by atoms with Crippen LogP contribution in [0.4, 0.5) is 5.00 Å². The standard InChI is InChI=1S/C23H32N4O3S/c1-23(2,3)20(14-24-22(28)19-7-5-4-6-8-19)16-26-11-9-25(10-12-26)15-18-13-21(27(29)30)31-17-18/h4-8,13,17,20H,9-12,14-16H2,1-3H3,(H,24,28)/t20-/m1/s1. The molecule has 2 heterocycles. The molecule has 8 heteroatoms. The van der Waals surface area contributed by atoms with E-state index in [9.17, 15) is 14.9 Å². The lowest BCUT2D eigenvalue weighted by Gasteiger charge is -2.40. The van der Waals surface area contributed by atoms with Crippen molar-refractivity contribution in [1.82, 2.24) is 15.1 Å². The number of nitrogens with one attached hydrogen (secondary N) is 1. The lowest BCUT2D eigenvalue weighted by molar-refractivity contribution is -0.380. The third kappa shape index (κ3) is 6.85. The van der Waals surface area contributed by atoms with E-state index in [4.69, 9.17) is 0 Å². The molecule has 2 aromatic rings. The molecule has 31 heavy (non-hydrogen) atoms. The van der Waals surface area contributed by atoms with Crippen LogP contribution in [0.1, 0.15) is 36.7 Å². The van der Waals surface area contributed by atoms with Crippen LogP contribution >= 0.6 is 11.3 Å². The van der Waals surface area contributed by atoms with Gasteiger partial charge in [0.15, 0.2) is 0 Å². The molecule has 1 saturated heterocycles. The molecule has 0 saturated carbocycles. The molecule has 1 fully saturated rings. The Hall–Kier alpha value is -2.29. The number of piperazine rings is 1. The van der Waals surface area contributed by atoms with E-state index < -0.39 is 0 Å². The monoisotopic (exact) mass is 444 g/mol. The van der Waals surface area contributed by atoms with Gasteiger partial charge >= 0.3 is 5.00 Å². The highest BCUT2D eigenvalue weighted by Gasteiger charge is 2.29. The maximum absolute atomic E-state index is 12.5. The van der Waals surface area contributed by atoms with Crippen molar-refractivity contribution in [1.29, 1.82) is 0 Å². The van der Waals surface area contributed by atoms with Crippen molar-refractivity contribution in [3.05, 3.63) is 63.0 Å². The molecule has 1 N–H and O–H groups in total. The van der Waals surface area contributed by atoms with E-state index in [1.165, 1.54) is 11.3 Å². The van der Waals surface area contributed by atoms with Crippen molar-refractivity contribution in [2.75, 3.05) is 39.3 Å². The summed E-state index contributed by atoms with van der Waals surface area (Å²) in [6.07, 6.45) is 0. The highest BCUT2D eigenvalue weighted by Crippen LogP contribution is 2.27. The van der Waals surface area contributed by atoms with Gasteiger partial charge in [-0.05, 0) is 29.0 Å². The molecule has 1 aromatic carbocycles. The third-order valence-electron chi connectivity index (χ3n) is 5.94. The second-order valence-corrected chi connectivity index (χ2v) is 10.2. The smallest absolute Gasteiger partial charge is 0.324 e. The lowest BCUT2D eigenvalue weighted by atomic mass is 9.80. The summed E-state index contributed by atoms with van der Waals surface area (Å²) in [6.45, 7) is 12.8. The normalized spacial score (nSPS) is 16.7. The van der Waals surface area contributed by atoms with Crippen molar-refractivity contribution >= 4 is 22.2 Å². The van der Waals surface area contributed by atoms with Crippen molar-refractivity contribution < 1.29 is 9.72 Å². The molecule has 1 aliphatic heterocycles. The first-order valence-corrected chi connectivity index (χ1v) is 11.6. The second kappa shape index (κ2) is 10.3. The first-order chi connectivity index (χ1) is 14.7. The van der Waals surface area contributed by atoms with Crippen LogP contribution in [0.5, 0.6) is 0 Å². The Bertz CT molecular complexity index is 870. The minimum atomic E-state index is -0.324. The quantitative estimate of drug-likeness (QED) is 0.494. The fourth-order valence-corrected chi connectivity index (χ4v) is 4.51. The maximum atomic E-state index is 12.5. The van der Waals surface area contributed by atoms with E-state index in [2.05, 4.69) is 35.9 Å². The highest BCUT2D eigenvalue weighted by molar-refractivity contribution is 7.13. The Balaban J connectivity index is 1.48. The SMILES string of the molecule is CC(C)(C)[C@H](CNC(=O)c1ccccc1)CN1CCN(Cc2csc([N+](=O)[O-])c2)CC1. The molecule has 0 bridgehead atoms. The second-order valence-electron chi connectivity index (χ2n) is 9.27. The predicted octanol–water partition coefficient (Wildman–Crippen LogP) is 3.87. The molecular formula is C23H32N4O3S. The summed E-state index contributed by atoms with van der Waals surface area (Å²) in [5, 5.41) is 16.1. The molecule has 7 nitrogen and oxygen atoms in total. The summed E-state index contributed by atoms with van der Waals surface area (Å²) in [5.74, 6) is 0.316. The molecule has 0 aliphatic carbocycles. The zero-order valence-electron chi connectivity index (χ0n) is 18.5. The predicted molar refractivity (Wildman–Crippen MR) is 124 cm³/mol. The number of rotatable bonds is 8. The number of carbonyl (C=O) groups excluding carboxylic acids is 1. The average molecular weight is 445 g/mol. The summed E-state index contributed by atoms with van der Waals surface area (Å²) in [4.78, 5) is 27.8. The number of nitro groups is 1. The number of amides is 1. The number of carbonyl (C=O) groups is 1. The largest absolute Gasteiger partial charge is 0.352 e. The van der Waals surface area contributed by atoms with Gasteiger partial charge < -0.3 is 10.2 Å². The van der Waals surface area contributed by atoms with Gasteiger partial charge in [0.25, 0.3) is 5.91 Å². The van der Waals surface area contributed by atoms with Crippen LogP contribution < -0.4 is 5.32 Å². The first-order valence-electron chi connectivity index (χ1n) is 10.7. The zero-order valence-corrected chi connectivity index (χ0v) is 19.4. The molecule has 0 spiro atoms. The summed E-state index contributed by atoms with van der Waals surface area (Å²) in [6, 6.07) is 11.0. The van der Waals surface area contributed by atoms with Crippen LogP contribution in [0, 0.1) is 21.4 Å². The number of benzene rings is 1. The minimum absolute atomic E-state index is 0.0236. The van der Waals surface area contributed by atoms with Crippen LogP contribution in [-0.4, -0.2) is 59.9 Å². The van der Waals surface area contributed by atoms with Gasteiger partial charge in [0, 0.05) is 62.8 Å². The van der Waals surface area contributed by atoms with Gasteiger partial charge in [-0.15, -0.1) is 0 Å². The summed E-state index contributed by atoms with van der Waals surface area (Å²) >= 11 is 1.19. The van der Waals surface area contributed by atoms with Crippen LogP contribution in [-0.2, 0) is 6.54 Å². The Morgan fingerprint density at radius 1 is 1.16 bits per heavy atom. The molecule has 1 aliphatic rings. The Labute approximate surface area is 188 Å². The molecular weight excluding hydrogens is 412 g/mol. The van der Waals surface area contributed by atoms with Crippen molar-refractivity contribution in [2.24, 2.45) is 11.3 Å². The van der Waals surface area contributed by atoms with E-state index in [0.717, 1.165) is 44.8 Å². The minimum Gasteiger partial charge on any atom is -0.352 e. The highest BCUT2D eigenvalue weighted by atomic mass is 32.1. The molecule has 1 aromatic heterocycles. The fourth-order valence-electron chi connectivity index (χ4n) is 3.79. The molecule has 168 valence electrons. The van der Waals surface area contributed by atoms with Crippen molar-refractivity contribution in [3.63, 3.8) is 0 Å². The van der Waals surface area contributed by atoms with Crippen molar-refractivity contribution in [2.45, 2.75) is 27.3 Å². The molecule has 1 amide bonds. The summed E-state index contributed by atoms with van der Waals surface area (Å²) in [7, 11) is 0. The van der Waals surface area contributed by atoms with Crippen LogP contribution in [0.15, 0.2) is 41.8 Å². The lowest BCUT2D eigenvalue weighted by Crippen LogP contribution is -2.50. The van der Waals surface area contributed by atoms with Gasteiger partial charge in [-0.1, -0.05) is 50.3 Å². The Morgan fingerprint density at radius 2 is 1.81 bits per heavy atom. The van der Waals surface area contributed by atoms with Crippen molar-refractivity contribution in [3.8, 4) is 0 Å². The van der Waals surface area contributed by atoms with E-state index >= 15 is 0 Å². The first kappa shape index (κ1) is 23.4. The van der Waals surface area contributed by atoms with E-state index in [1.54, 1.807) is 6.07 Å². The summed E-state index contributed by atoms with van der Waals surface area (Å²) in [5.41, 5.74) is 1.79. The maximum Gasteiger partial charge on any atom is 0.324 e. The van der Waals surface area contributed by atoms with Gasteiger partial charge in [0.05, 0.1) is 4.92 Å². The zero-order chi connectivity index (χ0) is 22.4. The van der Waals surface area contributed by atoms with E-state index in [0.29, 0.717) is 18.0 Å². The molecule has 0 radical (unpaired) electrons. The number of thiophene rings is 1. The summed E-state index contributed by atoms with van der Waals surface area (Å²) < 4.78 is 0. The van der Waals surface area contributed by atoms with Crippen LogP contribution in [0.25, 0.3) is 0 Å². The van der Waals surface area contributed by atoms with Crippen LogP contribution in [0.3, 0.4) is 0 Å². The molecule has 3 rings (SSSR count). The Morgan fingerprint density at radius 3 is 2.39 bits per heavy atom. The molecule has 0 unspecified atom stereocenters. The van der Waals surface area contributed by atoms with Crippen LogP contribution in [0.2, 0.25) is 0 Å². The fraction of sp³-hybridized carbons (Fsp3) is 0.522. The van der Waals surface area contributed by atoms with Gasteiger partial charge in [0.2, 0.25) is 0 Å².